The first-order chi connectivity index (χ1) is 11.8. The first kappa shape index (κ1) is 17.7. The summed E-state index contributed by atoms with van der Waals surface area (Å²) in [7, 11) is 0. The van der Waals surface area contributed by atoms with Gasteiger partial charge in [0, 0.05) is 13.1 Å². The molecule has 0 bridgehead atoms. The summed E-state index contributed by atoms with van der Waals surface area (Å²) in [4.78, 5) is 13.6. The summed E-state index contributed by atoms with van der Waals surface area (Å²) in [5.74, 6) is -1.87. The average molecular weight is 351 g/mol. The Hall–Kier alpha value is -2.07. The van der Waals surface area contributed by atoms with E-state index in [0.717, 1.165) is 30.4 Å². The Morgan fingerprint density at radius 3 is 2.56 bits per heavy atom. The van der Waals surface area contributed by atoms with Gasteiger partial charge in [-0.05, 0) is 55.4 Å². The van der Waals surface area contributed by atoms with Crippen molar-refractivity contribution in [2.24, 2.45) is 0 Å². The SMILES string of the molecule is N#Cc1ccc2c(c1)CN(C1(NC(=O)C(F)(F)F)CCCCC1)CC2. The highest BCUT2D eigenvalue weighted by Gasteiger charge is 2.47. The number of nitriles is 1. The minimum atomic E-state index is -4.88. The van der Waals surface area contributed by atoms with Gasteiger partial charge in [-0.25, -0.2) is 0 Å². The van der Waals surface area contributed by atoms with Gasteiger partial charge in [0.2, 0.25) is 0 Å². The molecule has 2 aliphatic rings. The molecule has 1 amide bonds. The lowest BCUT2D eigenvalue weighted by Crippen LogP contribution is -2.64. The van der Waals surface area contributed by atoms with Crippen molar-refractivity contribution >= 4 is 5.91 Å². The molecule has 1 aliphatic heterocycles. The molecule has 134 valence electrons. The third-order valence-corrected chi connectivity index (χ3v) is 5.24. The monoisotopic (exact) mass is 351 g/mol. The number of carbonyl (C=O) groups excluding carboxylic acids is 1. The Morgan fingerprint density at radius 1 is 1.20 bits per heavy atom. The Morgan fingerprint density at radius 2 is 1.92 bits per heavy atom. The third-order valence-electron chi connectivity index (χ3n) is 5.24. The minimum Gasteiger partial charge on any atom is -0.330 e. The lowest BCUT2D eigenvalue weighted by molar-refractivity contribution is -0.179. The molecule has 25 heavy (non-hydrogen) atoms. The predicted molar refractivity (Wildman–Crippen MR) is 85.3 cm³/mol. The van der Waals surface area contributed by atoms with Crippen LogP contribution in [0.15, 0.2) is 18.2 Å². The number of hydrogen-bond donors (Lipinski definition) is 1. The van der Waals surface area contributed by atoms with Crippen LogP contribution in [0.2, 0.25) is 0 Å². The second kappa shape index (κ2) is 6.68. The fraction of sp³-hybridized carbons (Fsp3) is 0.556. The van der Waals surface area contributed by atoms with E-state index in [0.29, 0.717) is 37.9 Å². The molecule has 1 aliphatic carbocycles. The molecule has 0 saturated heterocycles. The quantitative estimate of drug-likeness (QED) is 0.890. The van der Waals surface area contributed by atoms with E-state index < -0.39 is 17.7 Å². The van der Waals surface area contributed by atoms with Crippen LogP contribution < -0.4 is 5.32 Å². The van der Waals surface area contributed by atoms with Crippen LogP contribution in [0.1, 0.15) is 48.8 Å². The molecule has 0 unspecified atom stereocenters. The van der Waals surface area contributed by atoms with Gasteiger partial charge in [0.15, 0.2) is 0 Å². The van der Waals surface area contributed by atoms with Crippen molar-refractivity contribution in [1.82, 2.24) is 10.2 Å². The fourth-order valence-corrected chi connectivity index (χ4v) is 3.93. The number of nitrogens with zero attached hydrogens (tertiary/aromatic N) is 2. The molecular formula is C18H20F3N3O. The van der Waals surface area contributed by atoms with Crippen LogP contribution in [0.3, 0.4) is 0 Å². The van der Waals surface area contributed by atoms with E-state index in [1.54, 1.807) is 12.1 Å². The van der Waals surface area contributed by atoms with Crippen LogP contribution in [0, 0.1) is 11.3 Å². The zero-order valence-electron chi connectivity index (χ0n) is 13.8. The second-order valence-electron chi connectivity index (χ2n) is 6.81. The second-order valence-corrected chi connectivity index (χ2v) is 6.81. The van der Waals surface area contributed by atoms with E-state index in [9.17, 15) is 18.0 Å². The van der Waals surface area contributed by atoms with E-state index in [1.807, 2.05) is 11.0 Å². The molecule has 0 spiro atoms. The van der Waals surface area contributed by atoms with E-state index >= 15 is 0 Å². The van der Waals surface area contributed by atoms with Crippen molar-refractivity contribution in [3.05, 3.63) is 34.9 Å². The molecule has 0 radical (unpaired) electrons. The molecule has 0 aromatic heterocycles. The first-order valence-corrected chi connectivity index (χ1v) is 8.50. The summed E-state index contributed by atoms with van der Waals surface area (Å²) < 4.78 is 38.4. The maximum absolute atomic E-state index is 12.8. The molecule has 1 saturated carbocycles. The van der Waals surface area contributed by atoms with Gasteiger partial charge in [-0.3, -0.25) is 9.69 Å². The predicted octanol–water partition coefficient (Wildman–Crippen LogP) is 3.26. The summed E-state index contributed by atoms with van der Waals surface area (Å²) in [5.41, 5.74) is 1.66. The van der Waals surface area contributed by atoms with Crippen LogP contribution >= 0.6 is 0 Å². The largest absolute Gasteiger partial charge is 0.471 e. The van der Waals surface area contributed by atoms with Crippen LogP contribution in [0.5, 0.6) is 0 Å². The zero-order chi connectivity index (χ0) is 18.1. The highest BCUT2D eigenvalue weighted by Crippen LogP contribution is 2.36. The standard InChI is InChI=1S/C18H20F3N3O/c19-18(20,21)16(25)23-17(7-2-1-3-8-17)24-9-6-14-5-4-13(11-22)10-15(14)12-24/h4-5,10H,1-3,6-9,12H2,(H,23,25). The summed E-state index contributed by atoms with van der Waals surface area (Å²) in [6, 6.07) is 7.56. The van der Waals surface area contributed by atoms with Gasteiger partial charge < -0.3 is 5.32 Å². The average Bonchev–Trinajstić information content (AvgIpc) is 2.60. The number of halogens is 3. The van der Waals surface area contributed by atoms with Crippen LogP contribution in [-0.4, -0.2) is 29.2 Å². The molecule has 7 heteroatoms. The Bertz CT molecular complexity index is 702. The summed E-state index contributed by atoms with van der Waals surface area (Å²) in [6.45, 7) is 1.04. The van der Waals surface area contributed by atoms with Gasteiger partial charge in [0.05, 0.1) is 17.3 Å². The smallest absolute Gasteiger partial charge is 0.330 e. The molecular weight excluding hydrogens is 331 g/mol. The number of fused-ring (bicyclic) bond motifs is 1. The summed E-state index contributed by atoms with van der Waals surface area (Å²) in [5, 5.41) is 11.4. The van der Waals surface area contributed by atoms with Crippen LogP contribution in [-0.2, 0) is 17.8 Å². The van der Waals surface area contributed by atoms with Crippen molar-refractivity contribution in [3.8, 4) is 6.07 Å². The number of alkyl halides is 3. The molecule has 4 nitrogen and oxygen atoms in total. The molecule has 1 aromatic rings. The van der Waals surface area contributed by atoms with E-state index in [2.05, 4.69) is 11.4 Å². The highest BCUT2D eigenvalue weighted by molar-refractivity contribution is 5.82. The molecule has 1 heterocycles. The minimum absolute atomic E-state index is 0.447. The molecule has 1 aromatic carbocycles. The van der Waals surface area contributed by atoms with Gasteiger partial charge in [0.25, 0.3) is 0 Å². The van der Waals surface area contributed by atoms with Crippen LogP contribution in [0.4, 0.5) is 13.2 Å². The highest BCUT2D eigenvalue weighted by atomic mass is 19.4. The Balaban J connectivity index is 1.87. The zero-order valence-corrected chi connectivity index (χ0v) is 13.8. The van der Waals surface area contributed by atoms with Gasteiger partial charge in [-0.15, -0.1) is 0 Å². The van der Waals surface area contributed by atoms with Crippen molar-refractivity contribution in [1.29, 1.82) is 5.26 Å². The van der Waals surface area contributed by atoms with Crippen molar-refractivity contribution in [3.63, 3.8) is 0 Å². The van der Waals surface area contributed by atoms with Gasteiger partial charge in [0.1, 0.15) is 0 Å². The van der Waals surface area contributed by atoms with Gasteiger partial charge >= 0.3 is 12.1 Å². The maximum atomic E-state index is 12.8. The molecule has 1 N–H and O–H groups in total. The lowest BCUT2D eigenvalue weighted by Gasteiger charge is -2.48. The fourth-order valence-electron chi connectivity index (χ4n) is 3.93. The topological polar surface area (TPSA) is 56.1 Å². The van der Waals surface area contributed by atoms with Crippen molar-refractivity contribution < 1.29 is 18.0 Å². The number of carbonyl (C=O) groups is 1. The maximum Gasteiger partial charge on any atom is 0.471 e. The number of rotatable bonds is 2. The number of nitrogens with one attached hydrogen (secondary N) is 1. The molecule has 1 fully saturated rings. The number of hydrogen-bond acceptors (Lipinski definition) is 3. The lowest BCUT2D eigenvalue weighted by atomic mass is 9.85. The van der Waals surface area contributed by atoms with E-state index in [-0.39, 0.29) is 0 Å². The molecule has 3 rings (SSSR count). The van der Waals surface area contributed by atoms with Crippen molar-refractivity contribution in [2.75, 3.05) is 6.54 Å². The van der Waals surface area contributed by atoms with Gasteiger partial charge in [-0.1, -0.05) is 12.5 Å². The number of amides is 1. The van der Waals surface area contributed by atoms with Crippen molar-refractivity contribution in [2.45, 2.75) is 56.9 Å². The van der Waals surface area contributed by atoms with E-state index in [4.69, 9.17) is 5.26 Å². The number of benzene rings is 1. The van der Waals surface area contributed by atoms with E-state index in [1.165, 1.54) is 0 Å². The Kier molecular flexibility index (Phi) is 4.74. The summed E-state index contributed by atoms with van der Waals surface area (Å²) >= 11 is 0. The normalized spacial score (nSPS) is 20.4. The third kappa shape index (κ3) is 3.64. The van der Waals surface area contributed by atoms with Gasteiger partial charge in [-0.2, -0.15) is 18.4 Å². The Labute approximate surface area is 144 Å². The first-order valence-electron chi connectivity index (χ1n) is 8.50. The summed E-state index contributed by atoms with van der Waals surface area (Å²) in [6.07, 6.45) is -0.604. The molecule has 0 atom stereocenters. The van der Waals surface area contributed by atoms with Crippen LogP contribution in [0.25, 0.3) is 0 Å².